The van der Waals surface area contributed by atoms with Crippen LogP contribution in [0.4, 0.5) is 10.5 Å². The maximum Gasteiger partial charge on any atom is 0.326 e. The zero-order valence-corrected chi connectivity index (χ0v) is 15.7. The number of hydrogen-bond donors (Lipinski definition) is 1. The molecule has 0 aromatic heterocycles. The fraction of sp³-hybridized carbons (Fsp3) is 0.250. The molecular formula is C20H17N3O7. The zero-order valence-electron chi connectivity index (χ0n) is 15.7. The van der Waals surface area contributed by atoms with Crippen LogP contribution >= 0.6 is 0 Å². The summed E-state index contributed by atoms with van der Waals surface area (Å²) in [5.41, 5.74) is -0.726. The Morgan fingerprint density at radius 1 is 1.20 bits per heavy atom. The van der Waals surface area contributed by atoms with Crippen molar-refractivity contribution in [2.75, 3.05) is 13.2 Å². The Hall–Kier alpha value is -3.95. The Balaban J connectivity index is 1.47. The first-order valence-corrected chi connectivity index (χ1v) is 9.17. The number of nitrogens with one attached hydrogen (secondary N) is 1. The number of amides is 3. The number of ether oxygens (including phenoxy) is 2. The lowest BCUT2D eigenvalue weighted by molar-refractivity contribution is -0.385. The van der Waals surface area contributed by atoms with E-state index < -0.39 is 34.9 Å². The summed E-state index contributed by atoms with van der Waals surface area (Å²) < 4.78 is 10.6. The third-order valence-electron chi connectivity index (χ3n) is 5.12. The summed E-state index contributed by atoms with van der Waals surface area (Å²) in [6, 6.07) is 12.0. The summed E-state index contributed by atoms with van der Waals surface area (Å²) in [7, 11) is 0. The highest BCUT2D eigenvalue weighted by Crippen LogP contribution is 2.40. The highest BCUT2D eigenvalue weighted by molar-refractivity contribution is 6.09. The SMILES string of the molecule is O=C(CN1C(=O)N[C@@]2(CCOc3ccccc32)C1=O)OCc1ccccc1[N+](=O)[O-]. The van der Waals surface area contributed by atoms with Crippen LogP contribution < -0.4 is 10.1 Å². The standard InChI is InChI=1S/C20H17N3O7/c24-17(30-12-13-5-1-3-7-15(13)23(27)28)11-22-18(25)20(21-19(22)26)9-10-29-16-8-4-2-6-14(16)20/h1-8H,9-12H2,(H,21,26)/t20-/m1/s1. The molecule has 0 unspecified atom stereocenters. The maximum absolute atomic E-state index is 13.1. The Morgan fingerprint density at radius 3 is 2.73 bits per heavy atom. The number of nitro benzene ring substituents is 1. The molecule has 10 heteroatoms. The number of para-hydroxylation sites is 2. The predicted octanol–water partition coefficient (Wildman–Crippen LogP) is 1.87. The van der Waals surface area contributed by atoms with Crippen LogP contribution in [0.3, 0.4) is 0 Å². The second-order valence-corrected chi connectivity index (χ2v) is 6.87. The van der Waals surface area contributed by atoms with Crippen LogP contribution in [0.25, 0.3) is 0 Å². The first-order chi connectivity index (χ1) is 14.4. The van der Waals surface area contributed by atoms with Gasteiger partial charge >= 0.3 is 12.0 Å². The molecule has 1 saturated heterocycles. The number of imide groups is 1. The van der Waals surface area contributed by atoms with Crippen LogP contribution in [-0.4, -0.2) is 40.9 Å². The Morgan fingerprint density at radius 2 is 1.93 bits per heavy atom. The lowest BCUT2D eigenvalue weighted by Gasteiger charge is -2.33. The van der Waals surface area contributed by atoms with Crippen molar-refractivity contribution in [2.24, 2.45) is 0 Å². The van der Waals surface area contributed by atoms with E-state index in [1.54, 1.807) is 30.3 Å². The molecule has 0 radical (unpaired) electrons. The van der Waals surface area contributed by atoms with E-state index >= 15 is 0 Å². The van der Waals surface area contributed by atoms with Crippen molar-refractivity contribution in [3.8, 4) is 5.75 Å². The molecule has 1 fully saturated rings. The van der Waals surface area contributed by atoms with Gasteiger partial charge in [-0.1, -0.05) is 30.3 Å². The van der Waals surface area contributed by atoms with E-state index in [9.17, 15) is 24.5 Å². The topological polar surface area (TPSA) is 128 Å². The van der Waals surface area contributed by atoms with Gasteiger partial charge in [-0.2, -0.15) is 0 Å². The molecule has 1 spiro atoms. The molecule has 0 saturated carbocycles. The summed E-state index contributed by atoms with van der Waals surface area (Å²) in [6.07, 6.45) is 0.232. The summed E-state index contributed by atoms with van der Waals surface area (Å²) in [4.78, 5) is 49.1. The smallest absolute Gasteiger partial charge is 0.326 e. The van der Waals surface area contributed by atoms with Crippen molar-refractivity contribution < 1.29 is 28.8 Å². The van der Waals surface area contributed by atoms with E-state index in [1.165, 1.54) is 18.2 Å². The van der Waals surface area contributed by atoms with Crippen molar-refractivity contribution in [2.45, 2.75) is 18.6 Å². The van der Waals surface area contributed by atoms with E-state index in [4.69, 9.17) is 9.47 Å². The highest BCUT2D eigenvalue weighted by Gasteiger charge is 2.55. The van der Waals surface area contributed by atoms with Crippen molar-refractivity contribution in [3.63, 3.8) is 0 Å². The molecule has 2 heterocycles. The average Bonchev–Trinajstić information content (AvgIpc) is 2.97. The van der Waals surface area contributed by atoms with Gasteiger partial charge in [0.1, 0.15) is 18.9 Å². The van der Waals surface area contributed by atoms with E-state index in [1.807, 2.05) is 0 Å². The third-order valence-corrected chi connectivity index (χ3v) is 5.12. The molecule has 2 aromatic carbocycles. The fourth-order valence-corrected chi connectivity index (χ4v) is 3.66. The van der Waals surface area contributed by atoms with Gasteiger partial charge in [-0.25, -0.2) is 4.79 Å². The molecule has 30 heavy (non-hydrogen) atoms. The first-order valence-electron chi connectivity index (χ1n) is 9.17. The molecule has 0 aliphatic carbocycles. The molecule has 10 nitrogen and oxygen atoms in total. The summed E-state index contributed by atoms with van der Waals surface area (Å²) in [6.45, 7) is -0.712. The number of hydrogen-bond acceptors (Lipinski definition) is 7. The van der Waals surface area contributed by atoms with Gasteiger partial charge in [-0.3, -0.25) is 24.6 Å². The molecule has 1 atom stereocenters. The first kappa shape index (κ1) is 19.4. The van der Waals surface area contributed by atoms with Crippen LogP contribution in [0.1, 0.15) is 17.5 Å². The van der Waals surface area contributed by atoms with E-state index in [0.29, 0.717) is 11.3 Å². The summed E-state index contributed by atoms with van der Waals surface area (Å²) in [5, 5.41) is 13.7. The molecule has 3 amide bonds. The van der Waals surface area contributed by atoms with Crippen molar-refractivity contribution >= 4 is 23.6 Å². The van der Waals surface area contributed by atoms with Gasteiger partial charge in [0.05, 0.1) is 17.1 Å². The van der Waals surface area contributed by atoms with Gasteiger partial charge < -0.3 is 14.8 Å². The Labute approximate surface area is 170 Å². The average molecular weight is 411 g/mol. The molecule has 2 aliphatic rings. The van der Waals surface area contributed by atoms with Crippen LogP contribution in [0.5, 0.6) is 5.75 Å². The molecule has 1 N–H and O–H groups in total. The number of nitro groups is 1. The largest absolute Gasteiger partial charge is 0.493 e. The van der Waals surface area contributed by atoms with Crippen LogP contribution in [0.2, 0.25) is 0 Å². The van der Waals surface area contributed by atoms with E-state index in [2.05, 4.69) is 5.32 Å². The Bertz CT molecular complexity index is 1050. The van der Waals surface area contributed by atoms with Gasteiger partial charge in [0.15, 0.2) is 5.54 Å². The maximum atomic E-state index is 13.1. The monoisotopic (exact) mass is 411 g/mol. The molecular weight excluding hydrogens is 394 g/mol. The van der Waals surface area contributed by atoms with Crippen molar-refractivity contribution in [3.05, 3.63) is 69.8 Å². The minimum Gasteiger partial charge on any atom is -0.493 e. The number of rotatable bonds is 5. The summed E-state index contributed by atoms with van der Waals surface area (Å²) in [5.74, 6) is -0.918. The van der Waals surface area contributed by atoms with Crippen LogP contribution in [0.15, 0.2) is 48.5 Å². The second kappa shape index (κ2) is 7.47. The highest BCUT2D eigenvalue weighted by atomic mass is 16.6. The molecule has 4 rings (SSSR count). The van der Waals surface area contributed by atoms with Crippen LogP contribution in [-0.2, 0) is 26.5 Å². The molecule has 2 aliphatic heterocycles. The second-order valence-electron chi connectivity index (χ2n) is 6.87. The number of esters is 1. The molecule has 154 valence electrons. The number of urea groups is 1. The number of nitrogens with zero attached hydrogens (tertiary/aromatic N) is 2. The number of carbonyl (C=O) groups excluding carboxylic acids is 3. The predicted molar refractivity (Wildman–Crippen MR) is 101 cm³/mol. The lowest BCUT2D eigenvalue weighted by atomic mass is 9.84. The third kappa shape index (κ3) is 3.21. The number of carbonyl (C=O) groups is 3. The minimum absolute atomic E-state index is 0.182. The normalized spacial score (nSPS) is 19.8. The lowest BCUT2D eigenvalue weighted by Crippen LogP contribution is -2.47. The van der Waals surface area contributed by atoms with E-state index in [-0.39, 0.29) is 30.9 Å². The zero-order chi connectivity index (χ0) is 21.3. The van der Waals surface area contributed by atoms with Gasteiger partial charge in [0, 0.05) is 18.1 Å². The van der Waals surface area contributed by atoms with Gasteiger partial charge in [0.2, 0.25) is 0 Å². The van der Waals surface area contributed by atoms with Gasteiger partial charge in [-0.05, 0) is 12.1 Å². The number of benzene rings is 2. The molecule has 2 aromatic rings. The number of fused-ring (bicyclic) bond motifs is 2. The van der Waals surface area contributed by atoms with Crippen LogP contribution in [0, 0.1) is 10.1 Å². The summed E-state index contributed by atoms with van der Waals surface area (Å²) >= 11 is 0. The Kier molecular flexibility index (Phi) is 4.82. The minimum atomic E-state index is -1.29. The quantitative estimate of drug-likeness (QED) is 0.344. The van der Waals surface area contributed by atoms with E-state index in [0.717, 1.165) is 4.90 Å². The molecule has 0 bridgehead atoms. The van der Waals surface area contributed by atoms with Gasteiger partial charge in [0.25, 0.3) is 11.6 Å². The fourth-order valence-electron chi connectivity index (χ4n) is 3.66. The van der Waals surface area contributed by atoms with Crippen molar-refractivity contribution in [1.29, 1.82) is 0 Å². The van der Waals surface area contributed by atoms with Gasteiger partial charge in [-0.15, -0.1) is 0 Å². The van der Waals surface area contributed by atoms with Crippen molar-refractivity contribution in [1.82, 2.24) is 10.2 Å².